The third-order valence-electron chi connectivity index (χ3n) is 3.07. The van der Waals surface area contributed by atoms with Gasteiger partial charge in [-0.2, -0.15) is 0 Å². The molecule has 0 saturated heterocycles. The molecule has 21 heavy (non-hydrogen) atoms. The molecule has 0 spiro atoms. The second-order valence-electron chi connectivity index (χ2n) is 4.81. The van der Waals surface area contributed by atoms with Gasteiger partial charge in [-0.15, -0.1) is 0 Å². The molecule has 0 saturated carbocycles. The Kier molecular flexibility index (Phi) is 4.84. The molecule has 2 rings (SSSR count). The molecule has 1 aromatic carbocycles. The van der Waals surface area contributed by atoms with E-state index in [0.29, 0.717) is 17.3 Å². The average molecular weight is 286 g/mol. The van der Waals surface area contributed by atoms with Crippen molar-refractivity contribution in [3.05, 3.63) is 42.9 Å². The van der Waals surface area contributed by atoms with Crippen LogP contribution in [-0.4, -0.2) is 21.9 Å². The number of hydrogen-bond donors (Lipinski definition) is 2. The van der Waals surface area contributed by atoms with Gasteiger partial charge >= 0.3 is 0 Å². The van der Waals surface area contributed by atoms with E-state index in [9.17, 15) is 4.79 Å². The number of carbonyl (C=O) groups is 1. The summed E-state index contributed by atoms with van der Waals surface area (Å²) in [5.41, 5.74) is 6.37. The highest BCUT2D eigenvalue weighted by Crippen LogP contribution is 2.22. The van der Waals surface area contributed by atoms with Crippen LogP contribution in [0.15, 0.2) is 42.9 Å². The molecule has 0 radical (unpaired) electrons. The largest absolute Gasteiger partial charge is 0.437 e. The van der Waals surface area contributed by atoms with E-state index in [1.165, 1.54) is 6.20 Å². The molecule has 6 nitrogen and oxygen atoms in total. The molecule has 1 aromatic heterocycles. The van der Waals surface area contributed by atoms with E-state index in [-0.39, 0.29) is 17.9 Å². The predicted octanol–water partition coefficient (Wildman–Crippen LogP) is 2.19. The van der Waals surface area contributed by atoms with Crippen LogP contribution in [0, 0.1) is 5.92 Å². The van der Waals surface area contributed by atoms with E-state index in [1.807, 2.05) is 0 Å². The number of amides is 1. The molecule has 2 aromatic rings. The van der Waals surface area contributed by atoms with E-state index in [4.69, 9.17) is 10.5 Å². The number of nitrogens with zero attached hydrogens (tertiary/aromatic N) is 2. The molecular formula is C15H18N4O2. The van der Waals surface area contributed by atoms with Crippen molar-refractivity contribution >= 4 is 11.6 Å². The van der Waals surface area contributed by atoms with Gasteiger partial charge in [0, 0.05) is 30.2 Å². The predicted molar refractivity (Wildman–Crippen MR) is 80.0 cm³/mol. The molecule has 1 amide bonds. The smallest absolute Gasteiger partial charge is 0.237 e. The lowest BCUT2D eigenvalue weighted by molar-refractivity contribution is -0.119. The van der Waals surface area contributed by atoms with Crippen molar-refractivity contribution in [1.82, 2.24) is 9.97 Å². The van der Waals surface area contributed by atoms with E-state index in [2.05, 4.69) is 15.3 Å². The fourth-order valence-electron chi connectivity index (χ4n) is 1.59. The summed E-state index contributed by atoms with van der Waals surface area (Å²) in [6, 6.07) is 6.87. The molecule has 0 bridgehead atoms. The normalized spacial score (nSPS) is 13.3. The number of aromatic nitrogens is 2. The zero-order valence-electron chi connectivity index (χ0n) is 12.0. The van der Waals surface area contributed by atoms with Crippen LogP contribution in [0.1, 0.15) is 13.8 Å². The monoisotopic (exact) mass is 286 g/mol. The third kappa shape index (κ3) is 4.25. The lowest BCUT2D eigenvalue weighted by atomic mass is 10.0. The Morgan fingerprint density at radius 3 is 2.81 bits per heavy atom. The second kappa shape index (κ2) is 6.81. The van der Waals surface area contributed by atoms with Crippen LogP contribution in [0.4, 0.5) is 5.69 Å². The van der Waals surface area contributed by atoms with Gasteiger partial charge in [0.2, 0.25) is 11.8 Å². The van der Waals surface area contributed by atoms with Gasteiger partial charge in [-0.25, -0.2) is 4.98 Å². The molecule has 2 atom stereocenters. The van der Waals surface area contributed by atoms with E-state index in [0.717, 1.165) is 0 Å². The molecule has 3 N–H and O–H groups in total. The van der Waals surface area contributed by atoms with E-state index >= 15 is 0 Å². The van der Waals surface area contributed by atoms with Gasteiger partial charge in [-0.3, -0.25) is 9.78 Å². The van der Waals surface area contributed by atoms with Gasteiger partial charge in [-0.1, -0.05) is 13.0 Å². The maximum Gasteiger partial charge on any atom is 0.237 e. The van der Waals surface area contributed by atoms with Crippen molar-refractivity contribution in [3.63, 3.8) is 0 Å². The number of hydrogen-bond acceptors (Lipinski definition) is 5. The zero-order chi connectivity index (χ0) is 15.2. The molecule has 0 aliphatic heterocycles. The molecular weight excluding hydrogens is 268 g/mol. The first kappa shape index (κ1) is 14.9. The Morgan fingerprint density at radius 2 is 2.14 bits per heavy atom. The van der Waals surface area contributed by atoms with Crippen molar-refractivity contribution in [2.24, 2.45) is 11.7 Å². The molecule has 0 aliphatic carbocycles. The van der Waals surface area contributed by atoms with Gasteiger partial charge in [-0.05, 0) is 19.1 Å². The number of carbonyl (C=O) groups excluding carboxylic acids is 1. The van der Waals surface area contributed by atoms with E-state index in [1.54, 1.807) is 50.5 Å². The third-order valence-corrected chi connectivity index (χ3v) is 3.07. The van der Waals surface area contributed by atoms with E-state index < -0.39 is 0 Å². The quantitative estimate of drug-likeness (QED) is 0.879. The minimum absolute atomic E-state index is 0.123. The van der Waals surface area contributed by atoms with Crippen molar-refractivity contribution in [2.45, 2.75) is 19.9 Å². The van der Waals surface area contributed by atoms with Crippen LogP contribution in [-0.2, 0) is 4.79 Å². The summed E-state index contributed by atoms with van der Waals surface area (Å²) in [5.74, 6) is 0.572. The number of nitrogens with two attached hydrogens (primary N) is 1. The summed E-state index contributed by atoms with van der Waals surface area (Å²) < 4.78 is 5.56. The van der Waals surface area contributed by atoms with Crippen LogP contribution in [0.25, 0.3) is 0 Å². The van der Waals surface area contributed by atoms with Crippen LogP contribution >= 0.6 is 0 Å². The fraction of sp³-hybridized carbons (Fsp3) is 0.267. The first-order valence-electron chi connectivity index (χ1n) is 6.66. The van der Waals surface area contributed by atoms with Crippen molar-refractivity contribution in [1.29, 1.82) is 0 Å². The highest BCUT2D eigenvalue weighted by molar-refractivity contribution is 5.92. The Bertz CT molecular complexity index is 602. The molecule has 0 fully saturated rings. The molecule has 0 aliphatic rings. The van der Waals surface area contributed by atoms with Gasteiger partial charge in [0.25, 0.3) is 0 Å². The first-order chi connectivity index (χ1) is 10.1. The Balaban J connectivity index is 2.06. The topological polar surface area (TPSA) is 90.1 Å². The minimum atomic E-state index is -0.269. The summed E-state index contributed by atoms with van der Waals surface area (Å²) in [6.45, 7) is 3.60. The van der Waals surface area contributed by atoms with Crippen molar-refractivity contribution < 1.29 is 9.53 Å². The molecule has 1 heterocycles. The van der Waals surface area contributed by atoms with Crippen LogP contribution < -0.4 is 15.8 Å². The lowest BCUT2D eigenvalue weighted by Crippen LogP contribution is -2.34. The summed E-state index contributed by atoms with van der Waals surface area (Å²) in [7, 11) is 0. The number of nitrogens with one attached hydrogen (secondary N) is 1. The Hall–Kier alpha value is -2.47. The second-order valence-corrected chi connectivity index (χ2v) is 4.81. The van der Waals surface area contributed by atoms with Gasteiger partial charge < -0.3 is 15.8 Å². The summed E-state index contributed by atoms with van der Waals surface area (Å²) >= 11 is 0. The fourth-order valence-corrected chi connectivity index (χ4v) is 1.59. The summed E-state index contributed by atoms with van der Waals surface area (Å²) in [5, 5.41) is 2.81. The number of anilines is 1. The maximum atomic E-state index is 12.0. The maximum absolute atomic E-state index is 12.0. The first-order valence-corrected chi connectivity index (χ1v) is 6.66. The SMILES string of the molecule is CC(N)C(C)C(=O)Nc1cccc(Oc2cnccn2)c1. The number of ether oxygens (including phenoxy) is 1. The Labute approximate surface area is 123 Å². The molecule has 2 unspecified atom stereocenters. The van der Waals surface area contributed by atoms with Crippen LogP contribution in [0.2, 0.25) is 0 Å². The molecule has 6 heteroatoms. The summed E-state index contributed by atoms with van der Waals surface area (Å²) in [4.78, 5) is 19.9. The standard InChI is InChI=1S/C15H18N4O2/c1-10(11(2)16)15(20)19-12-4-3-5-13(8-12)21-14-9-17-6-7-18-14/h3-11H,16H2,1-2H3,(H,19,20). The number of benzene rings is 1. The highest BCUT2D eigenvalue weighted by Gasteiger charge is 2.17. The zero-order valence-corrected chi connectivity index (χ0v) is 12.0. The van der Waals surface area contributed by atoms with Crippen LogP contribution in [0.5, 0.6) is 11.6 Å². The lowest BCUT2D eigenvalue weighted by Gasteiger charge is -2.15. The van der Waals surface area contributed by atoms with Crippen molar-refractivity contribution in [3.8, 4) is 11.6 Å². The van der Waals surface area contributed by atoms with Gasteiger partial charge in [0.1, 0.15) is 5.75 Å². The Morgan fingerprint density at radius 1 is 1.33 bits per heavy atom. The molecule has 110 valence electrons. The van der Waals surface area contributed by atoms with Gasteiger partial charge in [0.05, 0.1) is 12.1 Å². The van der Waals surface area contributed by atoms with Crippen LogP contribution in [0.3, 0.4) is 0 Å². The van der Waals surface area contributed by atoms with Gasteiger partial charge in [0.15, 0.2) is 0 Å². The minimum Gasteiger partial charge on any atom is -0.437 e. The summed E-state index contributed by atoms with van der Waals surface area (Å²) in [6.07, 6.45) is 4.63. The highest BCUT2D eigenvalue weighted by atomic mass is 16.5. The van der Waals surface area contributed by atoms with Crippen molar-refractivity contribution in [2.75, 3.05) is 5.32 Å². The number of rotatable bonds is 5. The average Bonchev–Trinajstić information content (AvgIpc) is 2.47.